The molecule has 2 aromatic carbocycles. The second kappa shape index (κ2) is 13.3. The number of anilines is 1. The van der Waals surface area contributed by atoms with Crippen LogP contribution < -0.4 is 15.1 Å². The van der Waals surface area contributed by atoms with Crippen molar-refractivity contribution < 1.29 is 32.3 Å². The summed E-state index contributed by atoms with van der Waals surface area (Å²) in [6.07, 6.45) is 1.22. The summed E-state index contributed by atoms with van der Waals surface area (Å²) < 4.78 is 62.5. The highest BCUT2D eigenvalue weighted by Crippen LogP contribution is 2.43. The van der Waals surface area contributed by atoms with E-state index in [1.165, 1.54) is 0 Å². The number of ether oxygens (including phenoxy) is 1. The molecule has 0 spiro atoms. The number of methoxy groups -OCH3 is 1. The lowest BCUT2D eigenvalue weighted by Gasteiger charge is -2.40. The summed E-state index contributed by atoms with van der Waals surface area (Å²) in [4.78, 5) is 20.9. The van der Waals surface area contributed by atoms with Gasteiger partial charge < -0.3 is 14.5 Å². The number of pyridine rings is 1. The maximum absolute atomic E-state index is 16.1. The van der Waals surface area contributed by atoms with Crippen LogP contribution in [0.3, 0.4) is 0 Å². The third kappa shape index (κ3) is 6.87. The summed E-state index contributed by atoms with van der Waals surface area (Å²) >= 11 is 0.960. The molecule has 1 fully saturated rings. The monoisotopic (exact) mass is 594 g/mol. The Labute approximate surface area is 240 Å². The minimum atomic E-state index is -1.41. The number of hydrogen-bond acceptors (Lipinski definition) is 7. The smallest absolute Gasteiger partial charge is 0.249 e. The number of carbonyl (C=O) groups excluding carboxylic acids is 1. The molecule has 41 heavy (non-hydrogen) atoms. The average Bonchev–Trinajstić information content (AvgIpc) is 2.96. The number of nitrogens with one attached hydrogen (secondary N) is 1. The third-order valence-corrected chi connectivity index (χ3v) is 8.85. The van der Waals surface area contributed by atoms with Gasteiger partial charge in [-0.1, -0.05) is 0 Å². The Bertz CT molecular complexity index is 1360. The van der Waals surface area contributed by atoms with E-state index in [4.69, 9.17) is 4.74 Å². The lowest BCUT2D eigenvalue weighted by Crippen LogP contribution is -2.48. The zero-order valence-electron chi connectivity index (χ0n) is 23.2. The van der Waals surface area contributed by atoms with Crippen molar-refractivity contribution in [1.29, 1.82) is 0 Å². The van der Waals surface area contributed by atoms with E-state index >= 15 is 4.39 Å². The summed E-state index contributed by atoms with van der Waals surface area (Å²) in [7, 11) is 5.16. The fourth-order valence-electron chi connectivity index (χ4n) is 5.40. The normalized spacial score (nSPS) is 16.0. The van der Waals surface area contributed by atoms with Crippen molar-refractivity contribution in [3.8, 4) is 5.75 Å². The lowest BCUT2D eigenvalue weighted by molar-refractivity contribution is -0.143. The molecule has 1 aromatic heterocycles. The Hall–Kier alpha value is -3.09. The van der Waals surface area contributed by atoms with E-state index in [2.05, 4.69) is 9.88 Å². The first-order valence-electron chi connectivity index (χ1n) is 13.3. The second-order valence-corrected chi connectivity index (χ2v) is 11.6. The number of rotatable bonds is 11. The van der Waals surface area contributed by atoms with Gasteiger partial charge in [-0.2, -0.15) is 0 Å². The van der Waals surface area contributed by atoms with Crippen LogP contribution in [0.4, 0.5) is 23.2 Å². The summed E-state index contributed by atoms with van der Waals surface area (Å²) in [5, 5.41) is 10.1. The Morgan fingerprint density at radius 3 is 2.49 bits per heavy atom. The summed E-state index contributed by atoms with van der Waals surface area (Å²) in [5.41, 5.74) is 2.52. The van der Waals surface area contributed by atoms with Gasteiger partial charge in [0.15, 0.2) is 0 Å². The van der Waals surface area contributed by atoms with Crippen LogP contribution in [0, 0.1) is 22.9 Å². The molecule has 1 saturated heterocycles. The predicted molar refractivity (Wildman–Crippen MR) is 151 cm³/mol. The number of fused-ring (bicyclic) bond motifs is 1. The summed E-state index contributed by atoms with van der Waals surface area (Å²) in [6, 6.07) is 6.60. The van der Waals surface area contributed by atoms with Gasteiger partial charge in [0.25, 0.3) is 0 Å². The molecule has 12 heteroatoms. The number of piperidine rings is 1. The van der Waals surface area contributed by atoms with E-state index in [0.29, 0.717) is 78.3 Å². The number of benzene rings is 2. The Morgan fingerprint density at radius 1 is 1.20 bits per heavy atom. The van der Waals surface area contributed by atoms with Crippen molar-refractivity contribution in [1.82, 2.24) is 15.4 Å². The number of amides is 1. The van der Waals surface area contributed by atoms with Crippen molar-refractivity contribution in [3.63, 3.8) is 0 Å². The van der Waals surface area contributed by atoms with Gasteiger partial charge in [-0.05, 0) is 57.0 Å². The molecular formula is C29H34F4N4O3S. The quantitative estimate of drug-likeness (QED) is 0.124. The fourth-order valence-corrected chi connectivity index (χ4v) is 6.35. The maximum Gasteiger partial charge on any atom is 0.249 e. The van der Waals surface area contributed by atoms with Gasteiger partial charge >= 0.3 is 0 Å². The van der Waals surface area contributed by atoms with Gasteiger partial charge in [0.2, 0.25) is 5.91 Å². The van der Waals surface area contributed by atoms with Crippen LogP contribution in [0.5, 0.6) is 5.75 Å². The molecule has 7 nitrogen and oxygen atoms in total. The molecule has 0 unspecified atom stereocenters. The maximum atomic E-state index is 16.1. The van der Waals surface area contributed by atoms with E-state index in [1.807, 2.05) is 14.1 Å². The largest absolute Gasteiger partial charge is 0.497 e. The van der Waals surface area contributed by atoms with E-state index < -0.39 is 34.9 Å². The van der Waals surface area contributed by atoms with Gasteiger partial charge in [0.05, 0.1) is 34.8 Å². The molecule has 0 saturated carbocycles. The number of carbonyl (C=O) groups is 1. The topological polar surface area (TPSA) is 77.9 Å². The SMILES string of the molecule is COc1ccc2ncc(N(C)C)c([C@H](F)CCC3(C(=O)NO)CCN(CCSc4c(F)cc(F)cc4F)CC3)c2c1. The molecule has 0 bridgehead atoms. The zero-order valence-corrected chi connectivity index (χ0v) is 24.0. The molecular weight excluding hydrogens is 560 g/mol. The zero-order chi connectivity index (χ0) is 29.7. The van der Waals surface area contributed by atoms with Gasteiger partial charge in [-0.15, -0.1) is 11.8 Å². The van der Waals surface area contributed by atoms with Gasteiger partial charge in [-0.3, -0.25) is 15.0 Å². The molecule has 2 heterocycles. The molecule has 0 aliphatic carbocycles. The summed E-state index contributed by atoms with van der Waals surface area (Å²) in [5.74, 6) is -2.47. The van der Waals surface area contributed by atoms with Crippen LogP contribution >= 0.6 is 11.8 Å². The number of aromatic nitrogens is 1. The van der Waals surface area contributed by atoms with Crippen LogP contribution in [-0.4, -0.2) is 67.6 Å². The van der Waals surface area contributed by atoms with Crippen molar-refractivity contribution in [2.45, 2.75) is 36.8 Å². The molecule has 4 rings (SSSR count). The minimum Gasteiger partial charge on any atom is -0.497 e. The second-order valence-electron chi connectivity index (χ2n) is 10.5. The third-order valence-electron chi connectivity index (χ3n) is 7.78. The van der Waals surface area contributed by atoms with Crippen molar-refractivity contribution in [2.24, 2.45) is 5.41 Å². The number of thioether (sulfide) groups is 1. The standard InChI is InChI=1S/C29H34F4N4O3S/c1-36(2)25-17-34-24-5-4-19(40-3)16-20(24)26(25)21(31)6-7-29(28(38)35-39)8-10-37(11-9-29)12-13-41-27-22(32)14-18(30)15-23(27)33/h4-5,14-17,21,39H,6-13H2,1-3H3,(H,35,38)/t21-/m1/s1. The number of hydrogen-bond donors (Lipinski definition) is 2. The van der Waals surface area contributed by atoms with Crippen LogP contribution in [-0.2, 0) is 4.79 Å². The van der Waals surface area contributed by atoms with E-state index in [-0.39, 0.29) is 17.7 Å². The first-order valence-corrected chi connectivity index (χ1v) is 14.3. The lowest BCUT2D eigenvalue weighted by atomic mass is 9.73. The van der Waals surface area contributed by atoms with Crippen LogP contribution in [0.15, 0.2) is 41.4 Å². The fraction of sp³-hybridized carbons (Fsp3) is 0.448. The van der Waals surface area contributed by atoms with Crippen molar-refractivity contribution >= 4 is 34.3 Å². The molecule has 3 aromatic rings. The van der Waals surface area contributed by atoms with E-state index in [1.54, 1.807) is 41.9 Å². The Balaban J connectivity index is 1.44. The molecule has 222 valence electrons. The van der Waals surface area contributed by atoms with Crippen LogP contribution in [0.1, 0.15) is 37.4 Å². The van der Waals surface area contributed by atoms with E-state index in [9.17, 15) is 23.2 Å². The first kappa shape index (κ1) is 30.9. The highest BCUT2D eigenvalue weighted by molar-refractivity contribution is 7.99. The van der Waals surface area contributed by atoms with Gasteiger partial charge in [0, 0.05) is 49.5 Å². The molecule has 1 aliphatic rings. The van der Waals surface area contributed by atoms with E-state index in [0.717, 1.165) is 11.8 Å². The minimum absolute atomic E-state index is 0.0452. The number of alkyl halides is 1. The first-order chi connectivity index (χ1) is 19.6. The average molecular weight is 595 g/mol. The highest BCUT2D eigenvalue weighted by atomic mass is 32.2. The van der Waals surface area contributed by atoms with Crippen LogP contribution in [0.25, 0.3) is 10.9 Å². The summed E-state index contributed by atoms with van der Waals surface area (Å²) in [6.45, 7) is 1.45. The van der Waals surface area contributed by atoms with Crippen molar-refractivity contribution in [2.75, 3.05) is 51.5 Å². The number of hydroxylamine groups is 1. The predicted octanol–water partition coefficient (Wildman–Crippen LogP) is 5.90. The Morgan fingerprint density at radius 2 is 1.88 bits per heavy atom. The molecule has 2 N–H and O–H groups in total. The molecule has 1 atom stereocenters. The molecule has 1 amide bonds. The molecule has 1 aliphatic heterocycles. The van der Waals surface area contributed by atoms with Crippen molar-refractivity contribution in [3.05, 3.63) is 59.5 Å². The van der Waals surface area contributed by atoms with Gasteiger partial charge in [-0.25, -0.2) is 23.0 Å². The van der Waals surface area contributed by atoms with Gasteiger partial charge in [0.1, 0.15) is 29.4 Å². The number of likely N-dealkylation sites (tertiary alicyclic amines) is 1. The van der Waals surface area contributed by atoms with Crippen LogP contribution in [0.2, 0.25) is 0 Å². The Kier molecular flexibility index (Phi) is 9.98. The number of nitrogens with zero attached hydrogens (tertiary/aromatic N) is 3. The molecule has 0 radical (unpaired) electrons. The highest BCUT2D eigenvalue weighted by Gasteiger charge is 2.41. The number of halogens is 4.